The van der Waals surface area contributed by atoms with E-state index in [9.17, 15) is 14.4 Å². The Hall–Kier alpha value is -2.07. The van der Waals surface area contributed by atoms with Gasteiger partial charge in [0.1, 0.15) is 23.9 Å². The molecule has 0 saturated carbocycles. The minimum absolute atomic E-state index is 0.0188. The molecule has 1 atom stereocenters. The van der Waals surface area contributed by atoms with Gasteiger partial charge < -0.3 is 19.5 Å². The molecule has 0 fully saturated rings. The van der Waals surface area contributed by atoms with Gasteiger partial charge in [-0.15, -0.1) is 6.42 Å². The van der Waals surface area contributed by atoms with Gasteiger partial charge in [-0.1, -0.05) is 5.92 Å². The highest BCUT2D eigenvalue weighted by Gasteiger charge is 2.28. The molecule has 0 aliphatic rings. The number of hydrogen-bond donors (Lipinski definition) is 1. The van der Waals surface area contributed by atoms with E-state index in [0.29, 0.717) is 0 Å². The first kappa shape index (κ1) is 23.9. The molecule has 0 spiro atoms. The van der Waals surface area contributed by atoms with Crippen LogP contribution in [-0.2, 0) is 28.6 Å². The van der Waals surface area contributed by atoms with E-state index in [-0.39, 0.29) is 38.4 Å². The summed E-state index contributed by atoms with van der Waals surface area (Å²) in [5.74, 6) is 0.866. The summed E-state index contributed by atoms with van der Waals surface area (Å²) in [6.45, 7) is 10.7. The van der Waals surface area contributed by atoms with E-state index in [4.69, 9.17) is 20.6 Å². The largest absolute Gasteiger partial charge is 0.460 e. The van der Waals surface area contributed by atoms with Crippen LogP contribution in [0, 0.1) is 12.3 Å². The van der Waals surface area contributed by atoms with Crippen molar-refractivity contribution >= 4 is 17.8 Å². The van der Waals surface area contributed by atoms with Crippen molar-refractivity contribution in [1.82, 2.24) is 5.32 Å². The molecule has 0 rings (SSSR count). The van der Waals surface area contributed by atoms with Crippen LogP contribution in [0.25, 0.3) is 0 Å². The molecule has 7 nitrogen and oxygen atoms in total. The Balaban J connectivity index is 4.74. The predicted octanol–water partition coefficient (Wildman–Crippen LogP) is 1.97. The Morgan fingerprint density at radius 3 is 2.08 bits per heavy atom. The summed E-state index contributed by atoms with van der Waals surface area (Å²) in [5.41, 5.74) is -1.32. The molecule has 0 aliphatic carbocycles. The van der Waals surface area contributed by atoms with Gasteiger partial charge in [-0.2, -0.15) is 0 Å². The summed E-state index contributed by atoms with van der Waals surface area (Å²) in [6, 6.07) is -0.943. The molecule has 7 heteroatoms. The number of rotatable bonds is 9. The van der Waals surface area contributed by atoms with Crippen molar-refractivity contribution in [3.05, 3.63) is 0 Å². The molecule has 0 heterocycles. The average molecular weight is 369 g/mol. The molecule has 0 aromatic carbocycles. The lowest BCUT2D eigenvalue weighted by Crippen LogP contribution is -2.44. The molecular formula is C19H31NO6. The third-order valence-electron chi connectivity index (χ3n) is 2.74. The van der Waals surface area contributed by atoms with E-state index in [1.54, 1.807) is 41.5 Å². The summed E-state index contributed by atoms with van der Waals surface area (Å²) in [7, 11) is 0. The third-order valence-corrected chi connectivity index (χ3v) is 2.74. The van der Waals surface area contributed by atoms with Gasteiger partial charge in [0.15, 0.2) is 0 Å². The lowest BCUT2D eigenvalue weighted by atomic mass is 10.1. The topological polar surface area (TPSA) is 90.9 Å². The van der Waals surface area contributed by atoms with E-state index in [2.05, 4.69) is 11.2 Å². The van der Waals surface area contributed by atoms with Gasteiger partial charge in [-0.3, -0.25) is 9.59 Å². The van der Waals surface area contributed by atoms with Crippen molar-refractivity contribution in [2.24, 2.45) is 0 Å². The van der Waals surface area contributed by atoms with Crippen LogP contribution in [-0.4, -0.2) is 48.3 Å². The maximum atomic E-state index is 12.3. The second kappa shape index (κ2) is 10.8. The molecule has 148 valence electrons. The first-order chi connectivity index (χ1) is 11.8. The number of amides is 1. The molecule has 1 amide bonds. The van der Waals surface area contributed by atoms with Crippen LogP contribution < -0.4 is 5.32 Å². The molecular weight excluding hydrogens is 338 g/mol. The summed E-state index contributed by atoms with van der Waals surface area (Å²) >= 11 is 0. The van der Waals surface area contributed by atoms with Crippen molar-refractivity contribution in [2.45, 2.75) is 78.0 Å². The highest BCUT2D eigenvalue weighted by molar-refractivity contribution is 5.85. The zero-order valence-corrected chi connectivity index (χ0v) is 16.6. The zero-order chi connectivity index (χ0) is 20.4. The molecule has 0 saturated heterocycles. The smallest absolute Gasteiger partial charge is 0.329 e. The second-order valence-corrected chi connectivity index (χ2v) is 7.79. The third kappa shape index (κ3) is 13.2. The molecule has 0 unspecified atom stereocenters. The van der Waals surface area contributed by atoms with Crippen LogP contribution in [0.4, 0.5) is 0 Å². The summed E-state index contributed by atoms with van der Waals surface area (Å²) in [5, 5.41) is 2.58. The van der Waals surface area contributed by atoms with E-state index in [1.165, 1.54) is 0 Å². The van der Waals surface area contributed by atoms with E-state index in [1.807, 2.05) is 0 Å². The van der Waals surface area contributed by atoms with Crippen LogP contribution in [0.5, 0.6) is 0 Å². The van der Waals surface area contributed by atoms with Gasteiger partial charge in [-0.05, 0) is 48.0 Å². The number of nitrogens with one attached hydrogen (secondary N) is 1. The number of ether oxygens (including phenoxy) is 3. The average Bonchev–Trinajstić information content (AvgIpc) is 2.44. The Kier molecular flexibility index (Phi) is 9.96. The van der Waals surface area contributed by atoms with Crippen molar-refractivity contribution < 1.29 is 28.6 Å². The number of hydrogen-bond acceptors (Lipinski definition) is 6. The van der Waals surface area contributed by atoms with Crippen molar-refractivity contribution in [3.8, 4) is 12.3 Å². The normalized spacial score (nSPS) is 12.7. The molecule has 0 radical (unpaired) electrons. The lowest BCUT2D eigenvalue weighted by molar-refractivity contribution is -0.160. The number of esters is 2. The molecule has 0 aromatic rings. The SMILES string of the molecule is C#CCOCCC(=O)N[C@@H](CCC(=O)OC(C)(C)C)C(=O)OC(C)(C)C. The number of carbonyl (C=O) groups is 3. The minimum atomic E-state index is -0.943. The standard InChI is InChI=1S/C19H31NO6/c1-8-12-24-13-11-15(21)20-14(17(23)26-19(5,6)7)9-10-16(22)25-18(2,3)4/h1,14H,9-13H2,2-7H3,(H,20,21)/t14-/m0/s1. The van der Waals surface area contributed by atoms with Gasteiger partial charge >= 0.3 is 11.9 Å². The molecule has 0 bridgehead atoms. The fourth-order valence-electron chi connectivity index (χ4n) is 1.84. The fraction of sp³-hybridized carbons (Fsp3) is 0.737. The number of carbonyl (C=O) groups excluding carboxylic acids is 3. The maximum absolute atomic E-state index is 12.3. The van der Waals surface area contributed by atoms with E-state index in [0.717, 1.165) is 0 Å². The Bertz CT molecular complexity index is 522. The molecule has 0 aliphatic heterocycles. The second-order valence-electron chi connectivity index (χ2n) is 7.79. The van der Waals surface area contributed by atoms with Crippen molar-refractivity contribution in [3.63, 3.8) is 0 Å². The van der Waals surface area contributed by atoms with E-state index >= 15 is 0 Å². The zero-order valence-electron chi connectivity index (χ0n) is 16.6. The molecule has 0 aromatic heterocycles. The van der Waals surface area contributed by atoms with E-state index < -0.39 is 29.2 Å². The molecule has 26 heavy (non-hydrogen) atoms. The maximum Gasteiger partial charge on any atom is 0.329 e. The quantitative estimate of drug-likeness (QED) is 0.380. The summed E-state index contributed by atoms with van der Waals surface area (Å²) < 4.78 is 15.6. The van der Waals surface area contributed by atoms with Crippen molar-refractivity contribution in [2.75, 3.05) is 13.2 Å². The highest BCUT2D eigenvalue weighted by atomic mass is 16.6. The van der Waals surface area contributed by atoms with Crippen molar-refractivity contribution in [1.29, 1.82) is 0 Å². The Morgan fingerprint density at radius 2 is 1.58 bits per heavy atom. The fourth-order valence-corrected chi connectivity index (χ4v) is 1.84. The Labute approximate surface area is 156 Å². The van der Waals surface area contributed by atoms with Crippen LogP contribution in [0.2, 0.25) is 0 Å². The van der Waals surface area contributed by atoms with Crippen LogP contribution in [0.3, 0.4) is 0 Å². The molecule has 1 N–H and O–H groups in total. The monoisotopic (exact) mass is 369 g/mol. The summed E-state index contributed by atoms with van der Waals surface area (Å²) in [6.07, 6.45) is 5.17. The lowest BCUT2D eigenvalue weighted by Gasteiger charge is -2.25. The van der Waals surface area contributed by atoms with Crippen LogP contribution >= 0.6 is 0 Å². The number of terminal acetylenes is 1. The van der Waals surface area contributed by atoms with Crippen LogP contribution in [0.15, 0.2) is 0 Å². The first-order valence-corrected chi connectivity index (χ1v) is 8.59. The van der Waals surface area contributed by atoms with Gasteiger partial charge in [0, 0.05) is 6.42 Å². The van der Waals surface area contributed by atoms with Gasteiger partial charge in [0.2, 0.25) is 5.91 Å². The summed E-state index contributed by atoms with van der Waals surface area (Å²) in [4.78, 5) is 36.2. The van der Waals surface area contributed by atoms with Gasteiger partial charge in [0.05, 0.1) is 13.0 Å². The highest BCUT2D eigenvalue weighted by Crippen LogP contribution is 2.13. The first-order valence-electron chi connectivity index (χ1n) is 8.59. The van der Waals surface area contributed by atoms with Crippen LogP contribution in [0.1, 0.15) is 60.8 Å². The van der Waals surface area contributed by atoms with Gasteiger partial charge in [0.25, 0.3) is 0 Å². The Morgan fingerprint density at radius 1 is 1.00 bits per heavy atom. The minimum Gasteiger partial charge on any atom is -0.460 e. The van der Waals surface area contributed by atoms with Gasteiger partial charge in [-0.25, -0.2) is 4.79 Å². The predicted molar refractivity (Wildman–Crippen MR) is 97.1 cm³/mol.